The Balaban J connectivity index is 1.37. The summed E-state index contributed by atoms with van der Waals surface area (Å²) in [6, 6.07) is 0. The maximum absolute atomic E-state index is 5.66. The molecule has 2 aromatic heterocycles. The Kier molecular flexibility index (Phi) is 11.9. The standard InChI is InChI=1S/C16H20Cl6N4O5/c17-15(18,19)13-25-23-11(30-13)3-1-5-27-7-9-29-10-8-28-6-2-4-12-24-26-14(31-12)16(20,21)22/h1-10H2. The average molecular weight is 561 g/mol. The van der Waals surface area contributed by atoms with Crippen molar-refractivity contribution in [2.75, 3.05) is 39.6 Å². The van der Waals surface area contributed by atoms with E-state index in [1.807, 2.05) is 0 Å². The van der Waals surface area contributed by atoms with Crippen molar-refractivity contribution in [3.63, 3.8) is 0 Å². The first-order valence-corrected chi connectivity index (χ1v) is 11.5. The zero-order chi connectivity index (χ0) is 22.7. The van der Waals surface area contributed by atoms with Crippen LogP contribution in [0.4, 0.5) is 0 Å². The summed E-state index contributed by atoms with van der Waals surface area (Å²) in [5, 5.41) is 15.0. The second-order valence-electron chi connectivity index (χ2n) is 6.04. The van der Waals surface area contributed by atoms with Crippen LogP contribution in [0.5, 0.6) is 0 Å². The number of aryl methyl sites for hydroxylation is 2. The van der Waals surface area contributed by atoms with E-state index in [0.29, 0.717) is 77.1 Å². The number of rotatable bonds is 14. The zero-order valence-corrected chi connectivity index (χ0v) is 20.7. The molecule has 2 aromatic rings. The van der Waals surface area contributed by atoms with Gasteiger partial charge in [0.15, 0.2) is 0 Å². The van der Waals surface area contributed by atoms with Gasteiger partial charge in [0.2, 0.25) is 11.8 Å². The predicted molar refractivity (Wildman–Crippen MR) is 116 cm³/mol. The highest BCUT2D eigenvalue weighted by Crippen LogP contribution is 2.37. The Morgan fingerprint density at radius 1 is 0.548 bits per heavy atom. The average Bonchev–Trinajstić information content (AvgIpc) is 3.34. The van der Waals surface area contributed by atoms with Crippen LogP contribution in [-0.2, 0) is 34.6 Å². The first kappa shape index (κ1) is 27.1. The Bertz CT molecular complexity index is 702. The van der Waals surface area contributed by atoms with E-state index in [9.17, 15) is 0 Å². The molecule has 0 atom stereocenters. The van der Waals surface area contributed by atoms with Gasteiger partial charge in [-0.25, -0.2) is 0 Å². The van der Waals surface area contributed by atoms with Crippen LogP contribution in [0.1, 0.15) is 36.4 Å². The lowest BCUT2D eigenvalue weighted by Crippen LogP contribution is -2.10. The number of aromatic nitrogens is 4. The van der Waals surface area contributed by atoms with Crippen LogP contribution in [-0.4, -0.2) is 60.0 Å². The molecule has 0 amide bonds. The van der Waals surface area contributed by atoms with Crippen molar-refractivity contribution >= 4 is 69.6 Å². The lowest BCUT2D eigenvalue weighted by atomic mass is 10.3. The third-order valence-corrected chi connectivity index (χ3v) is 4.49. The molecule has 15 heteroatoms. The molecule has 0 unspecified atom stereocenters. The van der Waals surface area contributed by atoms with Crippen LogP contribution in [0, 0.1) is 0 Å². The highest BCUT2D eigenvalue weighted by atomic mass is 35.6. The molecular formula is C16H20Cl6N4O5. The number of hydrogen-bond donors (Lipinski definition) is 0. The van der Waals surface area contributed by atoms with Gasteiger partial charge in [-0.2, -0.15) is 0 Å². The first-order valence-electron chi connectivity index (χ1n) is 9.18. The van der Waals surface area contributed by atoms with Gasteiger partial charge in [-0.1, -0.05) is 69.6 Å². The molecule has 2 rings (SSSR count). The van der Waals surface area contributed by atoms with E-state index < -0.39 is 7.59 Å². The minimum Gasteiger partial charge on any atom is -0.421 e. The van der Waals surface area contributed by atoms with Crippen LogP contribution in [0.25, 0.3) is 0 Å². The van der Waals surface area contributed by atoms with Crippen molar-refractivity contribution in [1.29, 1.82) is 0 Å². The van der Waals surface area contributed by atoms with Gasteiger partial charge in [-0.05, 0) is 12.8 Å². The molecule has 0 N–H and O–H groups in total. The molecule has 0 fully saturated rings. The van der Waals surface area contributed by atoms with E-state index in [1.165, 1.54) is 0 Å². The van der Waals surface area contributed by atoms with Crippen molar-refractivity contribution in [1.82, 2.24) is 20.4 Å². The largest absolute Gasteiger partial charge is 0.421 e. The fourth-order valence-electron chi connectivity index (χ4n) is 2.13. The second-order valence-corrected chi connectivity index (χ2v) is 10.6. The molecule has 31 heavy (non-hydrogen) atoms. The van der Waals surface area contributed by atoms with E-state index in [2.05, 4.69) is 20.4 Å². The summed E-state index contributed by atoms with van der Waals surface area (Å²) in [5.41, 5.74) is 0. The van der Waals surface area contributed by atoms with E-state index in [-0.39, 0.29) is 11.8 Å². The van der Waals surface area contributed by atoms with Crippen molar-refractivity contribution in [3.05, 3.63) is 23.6 Å². The normalized spacial score (nSPS) is 12.6. The van der Waals surface area contributed by atoms with Crippen molar-refractivity contribution in [2.45, 2.75) is 33.3 Å². The topological polar surface area (TPSA) is 106 Å². The second kappa shape index (κ2) is 13.6. The SMILES string of the molecule is ClC(Cl)(Cl)c1nnc(CCCOCCOCCOCCCc2nnc(C(Cl)(Cl)Cl)o2)o1. The zero-order valence-electron chi connectivity index (χ0n) is 16.2. The van der Waals surface area contributed by atoms with Crippen LogP contribution in [0.3, 0.4) is 0 Å². The Labute approximate surface area is 208 Å². The maximum Gasteiger partial charge on any atom is 0.268 e. The van der Waals surface area contributed by atoms with Crippen molar-refractivity contribution in [3.8, 4) is 0 Å². The molecule has 9 nitrogen and oxygen atoms in total. The van der Waals surface area contributed by atoms with Crippen molar-refractivity contribution < 1.29 is 23.0 Å². The van der Waals surface area contributed by atoms with Gasteiger partial charge in [-0.3, -0.25) is 0 Å². The molecular weight excluding hydrogens is 541 g/mol. The van der Waals surface area contributed by atoms with E-state index in [4.69, 9.17) is 92.7 Å². The summed E-state index contributed by atoms with van der Waals surface area (Å²) in [6.07, 6.45) is 2.43. The molecule has 2 heterocycles. The van der Waals surface area contributed by atoms with E-state index >= 15 is 0 Å². The minimum absolute atomic E-state index is 0.0483. The number of ether oxygens (including phenoxy) is 3. The summed E-state index contributed by atoms with van der Waals surface area (Å²) < 4.78 is 23.4. The molecule has 0 aliphatic carbocycles. The summed E-state index contributed by atoms with van der Waals surface area (Å²) in [5.74, 6) is 0.687. The van der Waals surface area contributed by atoms with Gasteiger partial charge in [0.1, 0.15) is 0 Å². The molecule has 0 spiro atoms. The van der Waals surface area contributed by atoms with Crippen molar-refractivity contribution in [2.24, 2.45) is 0 Å². The van der Waals surface area contributed by atoms with Gasteiger partial charge in [0.25, 0.3) is 19.4 Å². The Morgan fingerprint density at radius 2 is 0.903 bits per heavy atom. The van der Waals surface area contributed by atoms with Crippen LogP contribution in [0.2, 0.25) is 0 Å². The fraction of sp³-hybridized carbons (Fsp3) is 0.750. The minimum atomic E-state index is -1.71. The van der Waals surface area contributed by atoms with E-state index in [1.54, 1.807) is 0 Å². The molecule has 0 aliphatic rings. The smallest absolute Gasteiger partial charge is 0.268 e. The van der Waals surface area contributed by atoms with Crippen LogP contribution in [0.15, 0.2) is 8.83 Å². The fourth-order valence-corrected chi connectivity index (χ4v) is 2.59. The van der Waals surface area contributed by atoms with Gasteiger partial charge in [-0.15, -0.1) is 20.4 Å². The highest BCUT2D eigenvalue weighted by Gasteiger charge is 2.30. The Hall–Kier alpha value is -0.100. The number of hydrogen-bond acceptors (Lipinski definition) is 9. The molecule has 0 bridgehead atoms. The predicted octanol–water partition coefficient (Wildman–Crippen LogP) is 4.72. The third-order valence-electron chi connectivity index (χ3n) is 3.52. The van der Waals surface area contributed by atoms with Crippen LogP contribution < -0.4 is 0 Å². The van der Waals surface area contributed by atoms with Crippen LogP contribution >= 0.6 is 69.6 Å². The summed E-state index contributed by atoms with van der Waals surface area (Å²) in [7, 11) is 0. The molecule has 0 aliphatic heterocycles. The molecule has 0 saturated heterocycles. The quantitative estimate of drug-likeness (QED) is 0.239. The van der Waals surface area contributed by atoms with Gasteiger partial charge in [0.05, 0.1) is 26.4 Å². The summed E-state index contributed by atoms with van der Waals surface area (Å²) >= 11 is 33.9. The number of halogens is 6. The highest BCUT2D eigenvalue weighted by molar-refractivity contribution is 6.66. The Morgan fingerprint density at radius 3 is 1.23 bits per heavy atom. The number of alkyl halides is 6. The molecule has 0 saturated carbocycles. The summed E-state index contributed by atoms with van der Waals surface area (Å²) in [6.45, 7) is 2.88. The first-order chi connectivity index (χ1) is 14.7. The monoisotopic (exact) mass is 558 g/mol. The van der Waals surface area contributed by atoms with Gasteiger partial charge in [0, 0.05) is 26.1 Å². The van der Waals surface area contributed by atoms with E-state index in [0.717, 1.165) is 0 Å². The molecule has 0 aromatic carbocycles. The third kappa shape index (κ3) is 11.0. The van der Waals surface area contributed by atoms with Gasteiger partial charge >= 0.3 is 0 Å². The van der Waals surface area contributed by atoms with Gasteiger partial charge < -0.3 is 23.0 Å². The summed E-state index contributed by atoms with van der Waals surface area (Å²) in [4.78, 5) is 0. The molecule has 176 valence electrons. The maximum atomic E-state index is 5.66. The molecule has 0 radical (unpaired) electrons. The lowest BCUT2D eigenvalue weighted by Gasteiger charge is -2.06. The number of nitrogens with zero attached hydrogens (tertiary/aromatic N) is 4. The lowest BCUT2D eigenvalue weighted by molar-refractivity contribution is 0.0135.